The fraction of sp³-hybridized carbons (Fsp3) is 0. The van der Waals surface area contributed by atoms with Crippen molar-refractivity contribution in [1.29, 1.82) is 0 Å². The highest BCUT2D eigenvalue weighted by Crippen LogP contribution is 2.12. The van der Waals surface area contributed by atoms with Crippen molar-refractivity contribution in [2.75, 3.05) is 0 Å². The molecule has 0 atom stereocenters. The molecule has 0 aliphatic carbocycles. The average Bonchev–Trinajstić information content (AvgIpc) is 2.15. The largest absolute Gasteiger partial charge is 0.509 e. The molecule has 0 fully saturated rings. The van der Waals surface area contributed by atoms with Gasteiger partial charge in [-0.2, -0.15) is 0 Å². The zero-order chi connectivity index (χ0) is 11.6. The molecule has 1 rings (SSSR count). The third-order valence-electron chi connectivity index (χ3n) is 1.74. The molecule has 80 valence electrons. The molecule has 3 nitrogen and oxygen atoms in total. The van der Waals surface area contributed by atoms with Gasteiger partial charge in [0.1, 0.15) is 6.29 Å². The number of hydrogen-bond acceptors (Lipinski definition) is 2. The van der Waals surface area contributed by atoms with E-state index in [0.29, 0.717) is 12.1 Å². The molecule has 15 heavy (non-hydrogen) atoms. The van der Waals surface area contributed by atoms with E-state index in [4.69, 9.17) is 5.11 Å². The number of carbonyl (C=O) groups excluding carboxylic acids is 1. The standard InChI is InChI=1S/C8H5BF3O3/c10-9(11,12)7-2-5(4-13)1-6(3-7)8(14)15/h1-4H,(H,14,15)/q-1. The number of benzene rings is 1. The van der Waals surface area contributed by atoms with Crippen LogP contribution in [0.1, 0.15) is 20.7 Å². The lowest BCUT2D eigenvalue weighted by Crippen LogP contribution is -2.35. The van der Waals surface area contributed by atoms with Gasteiger partial charge >= 0.3 is 12.9 Å². The van der Waals surface area contributed by atoms with E-state index in [1.165, 1.54) is 0 Å². The molecule has 0 aromatic heterocycles. The molecule has 0 spiro atoms. The van der Waals surface area contributed by atoms with E-state index in [1.54, 1.807) is 0 Å². The first-order valence-electron chi connectivity index (χ1n) is 3.88. The number of aldehydes is 1. The highest BCUT2D eigenvalue weighted by atomic mass is 19.4. The second-order valence-electron chi connectivity index (χ2n) is 2.89. The third kappa shape index (κ3) is 2.58. The summed E-state index contributed by atoms with van der Waals surface area (Å²) >= 11 is 0. The second-order valence-corrected chi connectivity index (χ2v) is 2.89. The molecule has 0 radical (unpaired) electrons. The van der Waals surface area contributed by atoms with Gasteiger partial charge in [0.05, 0.1) is 5.56 Å². The van der Waals surface area contributed by atoms with E-state index in [-0.39, 0.29) is 11.8 Å². The zero-order valence-corrected chi connectivity index (χ0v) is 7.28. The van der Waals surface area contributed by atoms with Gasteiger partial charge in [-0.15, -0.1) is 5.46 Å². The number of aromatic carboxylic acids is 1. The lowest BCUT2D eigenvalue weighted by atomic mass is 9.78. The maximum Gasteiger partial charge on any atom is 0.509 e. The Labute approximate surface area is 82.6 Å². The van der Waals surface area contributed by atoms with Crippen molar-refractivity contribution in [1.82, 2.24) is 0 Å². The topological polar surface area (TPSA) is 54.4 Å². The number of halogens is 3. The number of hydrogen-bond donors (Lipinski definition) is 1. The molecule has 0 bridgehead atoms. The first-order chi connectivity index (χ1) is 6.84. The van der Waals surface area contributed by atoms with Crippen LogP contribution in [0.2, 0.25) is 0 Å². The smallest absolute Gasteiger partial charge is 0.478 e. The first kappa shape index (κ1) is 11.3. The Hall–Kier alpha value is -1.79. The van der Waals surface area contributed by atoms with Crippen molar-refractivity contribution < 1.29 is 27.6 Å². The number of rotatable bonds is 3. The molecule has 0 aliphatic rings. The maximum absolute atomic E-state index is 12.3. The van der Waals surface area contributed by atoms with Crippen molar-refractivity contribution in [2.45, 2.75) is 0 Å². The fourth-order valence-corrected chi connectivity index (χ4v) is 1.06. The zero-order valence-electron chi connectivity index (χ0n) is 7.28. The van der Waals surface area contributed by atoms with Crippen molar-refractivity contribution in [3.05, 3.63) is 29.3 Å². The van der Waals surface area contributed by atoms with E-state index in [9.17, 15) is 22.5 Å². The SMILES string of the molecule is O=Cc1cc(C(=O)O)cc([B-](F)(F)F)c1. The van der Waals surface area contributed by atoms with Crippen LogP contribution in [0.3, 0.4) is 0 Å². The van der Waals surface area contributed by atoms with Crippen molar-refractivity contribution in [2.24, 2.45) is 0 Å². The summed E-state index contributed by atoms with van der Waals surface area (Å²) in [5.41, 5.74) is -1.94. The molecular weight excluding hydrogens is 212 g/mol. The molecule has 0 unspecified atom stereocenters. The van der Waals surface area contributed by atoms with Gasteiger partial charge in [-0.1, -0.05) is 12.1 Å². The van der Waals surface area contributed by atoms with Gasteiger partial charge in [0.15, 0.2) is 0 Å². The van der Waals surface area contributed by atoms with Crippen molar-refractivity contribution in [3.63, 3.8) is 0 Å². The monoisotopic (exact) mass is 217 g/mol. The van der Waals surface area contributed by atoms with Gasteiger partial charge in [-0.3, -0.25) is 4.79 Å². The summed E-state index contributed by atoms with van der Waals surface area (Å²) in [5.74, 6) is -1.50. The summed E-state index contributed by atoms with van der Waals surface area (Å²) in [7, 11) is 0. The maximum atomic E-state index is 12.3. The number of carboxylic acid groups (broad SMARTS) is 1. The van der Waals surface area contributed by atoms with E-state index in [1.807, 2.05) is 0 Å². The van der Waals surface area contributed by atoms with Crippen LogP contribution < -0.4 is 5.46 Å². The van der Waals surface area contributed by atoms with Crippen molar-refractivity contribution in [3.8, 4) is 0 Å². The van der Waals surface area contributed by atoms with Crippen LogP contribution in [0.25, 0.3) is 0 Å². The molecule has 0 heterocycles. The average molecular weight is 217 g/mol. The summed E-state index contributed by atoms with van der Waals surface area (Å²) in [6.45, 7) is -5.30. The molecule has 1 aromatic rings. The Kier molecular flexibility index (Phi) is 2.83. The normalized spacial score (nSPS) is 11.1. The van der Waals surface area contributed by atoms with Crippen LogP contribution in [0.4, 0.5) is 12.9 Å². The Balaban J connectivity index is 3.36. The van der Waals surface area contributed by atoms with Gasteiger partial charge in [0.2, 0.25) is 0 Å². The Morgan fingerprint density at radius 2 is 1.87 bits per heavy atom. The molecule has 0 saturated heterocycles. The number of carbonyl (C=O) groups is 2. The highest BCUT2D eigenvalue weighted by molar-refractivity contribution is 6.73. The number of carboxylic acids is 1. The summed E-state index contributed by atoms with van der Waals surface area (Å²) in [4.78, 5) is 20.8. The molecule has 0 aliphatic heterocycles. The fourth-order valence-electron chi connectivity index (χ4n) is 1.06. The summed E-state index contributed by atoms with van der Waals surface area (Å²) in [6, 6.07) is 2.02. The van der Waals surface area contributed by atoms with E-state index in [0.717, 1.165) is 6.07 Å². The molecule has 7 heteroatoms. The Morgan fingerprint density at radius 3 is 2.27 bits per heavy atom. The second kappa shape index (κ2) is 3.76. The van der Waals surface area contributed by atoms with Gasteiger partial charge < -0.3 is 18.1 Å². The van der Waals surface area contributed by atoms with Crippen LogP contribution in [-0.4, -0.2) is 24.3 Å². The minimum absolute atomic E-state index is 0.178. The van der Waals surface area contributed by atoms with Crippen LogP contribution in [0.5, 0.6) is 0 Å². The van der Waals surface area contributed by atoms with Crippen LogP contribution in [-0.2, 0) is 0 Å². The van der Waals surface area contributed by atoms with E-state index < -0.39 is 24.0 Å². The predicted molar refractivity (Wildman–Crippen MR) is 47.5 cm³/mol. The molecular formula is C8H5BF3O3-. The van der Waals surface area contributed by atoms with Crippen LogP contribution in [0.15, 0.2) is 18.2 Å². The molecule has 0 saturated carbocycles. The minimum atomic E-state index is -5.30. The van der Waals surface area contributed by atoms with Crippen LogP contribution in [0, 0.1) is 0 Å². The highest BCUT2D eigenvalue weighted by Gasteiger charge is 2.26. The van der Waals surface area contributed by atoms with E-state index >= 15 is 0 Å². The predicted octanol–water partition coefficient (Wildman–Crippen LogP) is 1.25. The molecule has 1 aromatic carbocycles. The Morgan fingerprint density at radius 1 is 1.27 bits per heavy atom. The lowest BCUT2D eigenvalue weighted by molar-refractivity contribution is 0.0697. The van der Waals surface area contributed by atoms with Crippen molar-refractivity contribution >= 4 is 24.7 Å². The van der Waals surface area contributed by atoms with Gasteiger partial charge in [0.25, 0.3) is 0 Å². The van der Waals surface area contributed by atoms with Gasteiger partial charge in [-0.25, -0.2) is 4.79 Å². The summed E-state index contributed by atoms with van der Waals surface area (Å²) < 4.78 is 36.9. The first-order valence-corrected chi connectivity index (χ1v) is 3.88. The quantitative estimate of drug-likeness (QED) is 0.612. The third-order valence-corrected chi connectivity index (χ3v) is 1.74. The summed E-state index contributed by atoms with van der Waals surface area (Å²) in [5, 5.41) is 8.52. The van der Waals surface area contributed by atoms with Gasteiger partial charge in [0, 0.05) is 5.56 Å². The lowest BCUT2D eigenvalue weighted by Gasteiger charge is -2.15. The van der Waals surface area contributed by atoms with E-state index in [2.05, 4.69) is 0 Å². The minimum Gasteiger partial charge on any atom is -0.478 e. The molecule has 1 N–H and O–H groups in total. The molecule has 0 amide bonds. The summed E-state index contributed by atoms with van der Waals surface area (Å²) in [6.07, 6.45) is 0.178. The van der Waals surface area contributed by atoms with Crippen LogP contribution >= 0.6 is 0 Å². The van der Waals surface area contributed by atoms with Gasteiger partial charge in [-0.05, 0) is 6.07 Å². The Bertz CT molecular complexity index is 414.